The van der Waals surface area contributed by atoms with Gasteiger partial charge in [0.2, 0.25) is 0 Å². The topological polar surface area (TPSA) is 74.8 Å². The first-order chi connectivity index (χ1) is 17.2. The SMILES string of the molecule is CN1[C@H]2CC[C@@](c3cc(F)ccc3F)(S(=O)(=O)c3ccc(C(F)(F)F)cc3)C[C@H]2CN(C2CC2)S1(=O)=O. The zero-order valence-electron chi connectivity index (χ0n) is 19.7. The molecule has 3 atom stereocenters. The predicted octanol–water partition coefficient (Wildman–Crippen LogP) is 4.48. The second kappa shape index (κ2) is 8.72. The fourth-order valence-corrected chi connectivity index (χ4v) is 9.96. The van der Waals surface area contributed by atoms with E-state index in [1.165, 1.54) is 15.7 Å². The Labute approximate surface area is 212 Å². The van der Waals surface area contributed by atoms with E-state index in [1.807, 2.05) is 0 Å². The van der Waals surface area contributed by atoms with Crippen LogP contribution in [0.2, 0.25) is 0 Å². The lowest BCUT2D eigenvalue weighted by molar-refractivity contribution is -0.137. The summed E-state index contributed by atoms with van der Waals surface area (Å²) >= 11 is 0. The maximum absolute atomic E-state index is 15.2. The van der Waals surface area contributed by atoms with E-state index in [9.17, 15) is 34.4 Å². The summed E-state index contributed by atoms with van der Waals surface area (Å²) in [5.74, 6) is -2.34. The van der Waals surface area contributed by atoms with Crippen molar-refractivity contribution in [3.63, 3.8) is 0 Å². The maximum atomic E-state index is 15.2. The van der Waals surface area contributed by atoms with Crippen molar-refractivity contribution in [1.82, 2.24) is 8.61 Å². The van der Waals surface area contributed by atoms with Crippen LogP contribution in [0.25, 0.3) is 0 Å². The number of rotatable bonds is 4. The van der Waals surface area contributed by atoms with E-state index in [0.717, 1.165) is 30.3 Å². The Bertz CT molecular complexity index is 1430. The third-order valence-electron chi connectivity index (χ3n) is 7.90. The van der Waals surface area contributed by atoms with Crippen LogP contribution in [0.3, 0.4) is 0 Å². The van der Waals surface area contributed by atoms with E-state index in [2.05, 4.69) is 0 Å². The Morgan fingerprint density at radius 2 is 1.65 bits per heavy atom. The van der Waals surface area contributed by atoms with Crippen LogP contribution in [-0.4, -0.2) is 51.1 Å². The van der Waals surface area contributed by atoms with E-state index in [0.29, 0.717) is 25.0 Å². The molecule has 2 aliphatic carbocycles. The molecular weight excluding hydrogens is 539 g/mol. The molecule has 2 saturated carbocycles. The van der Waals surface area contributed by atoms with Gasteiger partial charge in [-0.25, -0.2) is 17.2 Å². The number of sulfone groups is 1. The van der Waals surface area contributed by atoms with Gasteiger partial charge in [0.1, 0.15) is 16.4 Å². The molecule has 5 rings (SSSR count). The summed E-state index contributed by atoms with van der Waals surface area (Å²) < 4.78 is 124. The molecule has 0 bridgehead atoms. The Morgan fingerprint density at radius 1 is 1.00 bits per heavy atom. The summed E-state index contributed by atoms with van der Waals surface area (Å²) in [6.45, 7) is 0.0310. The maximum Gasteiger partial charge on any atom is 0.416 e. The Kier molecular flexibility index (Phi) is 6.25. The molecule has 0 radical (unpaired) electrons. The summed E-state index contributed by atoms with van der Waals surface area (Å²) in [6, 6.07) is 4.71. The van der Waals surface area contributed by atoms with Crippen molar-refractivity contribution in [3.8, 4) is 0 Å². The smallest absolute Gasteiger partial charge is 0.223 e. The minimum atomic E-state index is -4.68. The van der Waals surface area contributed by atoms with Crippen molar-refractivity contribution in [2.75, 3.05) is 13.6 Å². The molecule has 2 aromatic rings. The van der Waals surface area contributed by atoms with Gasteiger partial charge in [-0.05, 0) is 80.5 Å². The molecule has 0 spiro atoms. The molecule has 2 aromatic carbocycles. The molecule has 0 amide bonds. The van der Waals surface area contributed by atoms with Crippen LogP contribution in [0.5, 0.6) is 0 Å². The first-order valence-electron chi connectivity index (χ1n) is 11.8. The monoisotopic (exact) mass is 564 g/mol. The normalized spacial score (nSPS) is 29.1. The molecular formula is C24H25F5N2O4S2. The van der Waals surface area contributed by atoms with E-state index in [1.54, 1.807) is 0 Å². The standard InChI is InChI=1S/C24H25F5N2O4S2/c1-30-22-10-11-23(20-12-17(25)4-9-21(20)26,13-15(22)14-31(18-5-6-18)37(30,34)35)36(32,33)19-7-2-16(3-8-19)24(27,28)29/h2-4,7-9,12,15,18,22H,5-6,10-11,13-14H2,1H3/t15-,22-,23+/m0/s1. The summed E-state index contributed by atoms with van der Waals surface area (Å²) in [7, 11) is -6.88. The first kappa shape index (κ1) is 26.5. The Morgan fingerprint density at radius 3 is 2.24 bits per heavy atom. The van der Waals surface area contributed by atoms with Crippen LogP contribution in [0.1, 0.15) is 43.2 Å². The van der Waals surface area contributed by atoms with E-state index >= 15 is 4.39 Å². The average molecular weight is 565 g/mol. The van der Waals surface area contributed by atoms with Gasteiger partial charge < -0.3 is 0 Å². The fraction of sp³-hybridized carbons (Fsp3) is 0.500. The van der Waals surface area contributed by atoms with E-state index in [-0.39, 0.29) is 31.8 Å². The van der Waals surface area contributed by atoms with Crippen molar-refractivity contribution >= 4 is 20.0 Å². The summed E-state index contributed by atoms with van der Waals surface area (Å²) in [5.41, 5.74) is -1.44. The second-order valence-electron chi connectivity index (χ2n) is 10.0. The molecule has 3 fully saturated rings. The highest BCUT2D eigenvalue weighted by atomic mass is 32.2. The summed E-state index contributed by atoms with van der Waals surface area (Å²) in [4.78, 5) is -0.446. The molecule has 1 aliphatic heterocycles. The zero-order valence-corrected chi connectivity index (χ0v) is 21.4. The van der Waals surface area contributed by atoms with Crippen LogP contribution in [0, 0.1) is 17.6 Å². The molecule has 37 heavy (non-hydrogen) atoms. The van der Waals surface area contributed by atoms with E-state index < -0.39 is 70.6 Å². The van der Waals surface area contributed by atoms with Crippen LogP contribution in [-0.2, 0) is 31.0 Å². The Hall–Kier alpha value is -2.09. The lowest BCUT2D eigenvalue weighted by atomic mass is 9.74. The number of halogens is 5. The van der Waals surface area contributed by atoms with Crippen molar-refractivity contribution < 1.29 is 38.8 Å². The van der Waals surface area contributed by atoms with Gasteiger partial charge in [0.25, 0.3) is 10.2 Å². The predicted molar refractivity (Wildman–Crippen MR) is 124 cm³/mol. The van der Waals surface area contributed by atoms with Crippen LogP contribution in [0.15, 0.2) is 47.4 Å². The number of nitrogens with zero attached hydrogens (tertiary/aromatic N) is 2. The minimum absolute atomic E-state index is 0.0310. The zero-order chi connectivity index (χ0) is 27.0. The van der Waals surface area contributed by atoms with Crippen molar-refractivity contribution in [2.24, 2.45) is 5.92 Å². The number of hydrogen-bond donors (Lipinski definition) is 0. The number of fused-ring (bicyclic) bond motifs is 1. The molecule has 1 saturated heterocycles. The highest BCUT2D eigenvalue weighted by Crippen LogP contribution is 2.53. The Balaban J connectivity index is 1.63. The van der Waals surface area contributed by atoms with Crippen molar-refractivity contribution in [3.05, 3.63) is 65.2 Å². The highest BCUT2D eigenvalue weighted by molar-refractivity contribution is 7.92. The van der Waals surface area contributed by atoms with Crippen molar-refractivity contribution in [1.29, 1.82) is 0 Å². The second-order valence-corrected chi connectivity index (χ2v) is 14.2. The third-order valence-corrected chi connectivity index (χ3v) is 12.5. The number of alkyl halides is 3. The van der Waals surface area contributed by atoms with E-state index in [4.69, 9.17) is 0 Å². The van der Waals surface area contributed by atoms with Crippen LogP contribution >= 0.6 is 0 Å². The lowest BCUT2D eigenvalue weighted by Crippen LogP contribution is -2.61. The molecule has 13 heteroatoms. The van der Waals surface area contributed by atoms with Gasteiger partial charge in [0.15, 0.2) is 9.84 Å². The van der Waals surface area contributed by atoms with Crippen molar-refractivity contribution in [2.45, 2.75) is 60.0 Å². The van der Waals surface area contributed by atoms with Gasteiger partial charge in [0.05, 0.1) is 10.5 Å². The third kappa shape index (κ3) is 4.27. The molecule has 0 N–H and O–H groups in total. The summed E-state index contributed by atoms with van der Waals surface area (Å²) in [6.07, 6.45) is -3.73. The molecule has 1 heterocycles. The molecule has 0 unspecified atom stereocenters. The van der Waals surface area contributed by atoms with Gasteiger partial charge in [-0.15, -0.1) is 0 Å². The fourth-order valence-electron chi connectivity index (χ4n) is 5.83. The largest absolute Gasteiger partial charge is 0.416 e. The molecule has 3 aliphatic rings. The van der Waals surface area contributed by atoms with Gasteiger partial charge in [-0.1, -0.05) is 0 Å². The molecule has 0 aromatic heterocycles. The van der Waals surface area contributed by atoms with Gasteiger partial charge in [-0.3, -0.25) is 0 Å². The van der Waals surface area contributed by atoms with Gasteiger partial charge >= 0.3 is 6.18 Å². The number of hydrogen-bond acceptors (Lipinski definition) is 4. The lowest BCUT2D eigenvalue weighted by Gasteiger charge is -2.51. The minimum Gasteiger partial charge on any atom is -0.223 e. The molecule has 202 valence electrons. The van der Waals surface area contributed by atoms with Gasteiger partial charge in [-0.2, -0.15) is 30.2 Å². The summed E-state index contributed by atoms with van der Waals surface area (Å²) in [5, 5.41) is 0. The molecule has 6 nitrogen and oxygen atoms in total. The van der Waals surface area contributed by atoms with Gasteiger partial charge in [0, 0.05) is 31.2 Å². The quantitative estimate of drug-likeness (QED) is 0.514. The highest BCUT2D eigenvalue weighted by Gasteiger charge is 2.58. The number of benzene rings is 2. The average Bonchev–Trinajstić information content (AvgIpc) is 3.67. The van der Waals surface area contributed by atoms with Crippen LogP contribution < -0.4 is 0 Å². The van der Waals surface area contributed by atoms with Crippen LogP contribution in [0.4, 0.5) is 22.0 Å². The first-order valence-corrected chi connectivity index (χ1v) is 14.7.